The number of hydrogen-bond donors (Lipinski definition) is 2. The number of aliphatic hydroxyl groups is 1. The highest BCUT2D eigenvalue weighted by molar-refractivity contribution is 5.35. The summed E-state index contributed by atoms with van der Waals surface area (Å²) >= 11 is 0. The van der Waals surface area contributed by atoms with Gasteiger partial charge in [0.1, 0.15) is 12.4 Å². The third kappa shape index (κ3) is 5.51. The number of benzene rings is 1. The van der Waals surface area contributed by atoms with Crippen LogP contribution in [0.3, 0.4) is 0 Å². The monoisotopic (exact) mass is 279 g/mol. The van der Waals surface area contributed by atoms with Crippen molar-refractivity contribution in [3.8, 4) is 5.75 Å². The Kier molecular flexibility index (Phi) is 8.31. The van der Waals surface area contributed by atoms with E-state index in [9.17, 15) is 0 Å². The molecule has 0 saturated carbocycles. The molecule has 0 fully saturated rings. The number of hydrogen-bond acceptors (Lipinski definition) is 3. The standard InChI is InChI=1S/C17H29NO2/c1-4-11-18-15(10-12-19)13-20-17-9-7-6-8-16(17)14(3)5-2/h6-9,14-15,18-19H,4-5,10-13H2,1-3H3. The lowest BCUT2D eigenvalue weighted by molar-refractivity contribution is 0.212. The van der Waals surface area contributed by atoms with Crippen LogP contribution >= 0.6 is 0 Å². The minimum absolute atomic E-state index is 0.192. The number of ether oxygens (including phenoxy) is 1. The van der Waals surface area contributed by atoms with E-state index in [1.165, 1.54) is 5.56 Å². The molecule has 0 aliphatic rings. The summed E-state index contributed by atoms with van der Waals surface area (Å²) < 4.78 is 6.00. The molecule has 1 rings (SSSR count). The van der Waals surface area contributed by atoms with Crippen molar-refractivity contribution in [1.29, 1.82) is 0 Å². The van der Waals surface area contributed by atoms with Crippen LogP contribution in [0.1, 0.15) is 51.5 Å². The molecule has 20 heavy (non-hydrogen) atoms. The Morgan fingerprint density at radius 1 is 1.25 bits per heavy atom. The summed E-state index contributed by atoms with van der Waals surface area (Å²) in [5.41, 5.74) is 1.27. The van der Waals surface area contributed by atoms with E-state index < -0.39 is 0 Å². The van der Waals surface area contributed by atoms with Crippen LogP contribution in [0.2, 0.25) is 0 Å². The second-order valence-electron chi connectivity index (χ2n) is 5.32. The molecule has 0 aromatic heterocycles. The van der Waals surface area contributed by atoms with Crippen molar-refractivity contribution < 1.29 is 9.84 Å². The molecule has 114 valence electrons. The van der Waals surface area contributed by atoms with Gasteiger partial charge in [0.15, 0.2) is 0 Å². The maximum Gasteiger partial charge on any atom is 0.122 e. The molecule has 0 amide bonds. The fraction of sp³-hybridized carbons (Fsp3) is 0.647. The smallest absolute Gasteiger partial charge is 0.122 e. The Labute approximate surface area is 123 Å². The molecule has 1 aromatic carbocycles. The van der Waals surface area contributed by atoms with Crippen LogP contribution in [0.15, 0.2) is 24.3 Å². The molecule has 0 heterocycles. The first-order valence-corrected chi connectivity index (χ1v) is 7.78. The summed E-state index contributed by atoms with van der Waals surface area (Å²) in [6.07, 6.45) is 2.92. The van der Waals surface area contributed by atoms with Gasteiger partial charge in [0, 0.05) is 12.6 Å². The maximum atomic E-state index is 9.12. The first-order chi connectivity index (χ1) is 9.72. The van der Waals surface area contributed by atoms with Crippen LogP contribution in [0.5, 0.6) is 5.75 Å². The van der Waals surface area contributed by atoms with E-state index in [1.54, 1.807) is 0 Å². The first kappa shape index (κ1) is 17.0. The van der Waals surface area contributed by atoms with Crippen molar-refractivity contribution >= 4 is 0 Å². The van der Waals surface area contributed by atoms with Crippen LogP contribution in [0.4, 0.5) is 0 Å². The molecule has 0 aliphatic heterocycles. The average molecular weight is 279 g/mol. The van der Waals surface area contributed by atoms with Gasteiger partial charge in [-0.05, 0) is 43.4 Å². The van der Waals surface area contributed by atoms with Gasteiger partial charge >= 0.3 is 0 Å². The minimum atomic E-state index is 0.192. The van der Waals surface area contributed by atoms with Crippen molar-refractivity contribution in [3.63, 3.8) is 0 Å². The van der Waals surface area contributed by atoms with E-state index >= 15 is 0 Å². The van der Waals surface area contributed by atoms with Gasteiger partial charge in [-0.2, -0.15) is 0 Å². The minimum Gasteiger partial charge on any atom is -0.492 e. The second kappa shape index (κ2) is 9.78. The van der Waals surface area contributed by atoms with Gasteiger partial charge in [-0.15, -0.1) is 0 Å². The molecule has 1 aromatic rings. The normalized spacial score (nSPS) is 14.0. The summed E-state index contributed by atoms with van der Waals surface area (Å²) in [6.45, 7) is 8.32. The van der Waals surface area contributed by atoms with Gasteiger partial charge in [-0.3, -0.25) is 0 Å². The van der Waals surface area contributed by atoms with E-state index in [4.69, 9.17) is 9.84 Å². The van der Waals surface area contributed by atoms with Crippen molar-refractivity contribution in [2.45, 2.75) is 52.0 Å². The molecular formula is C17H29NO2. The predicted molar refractivity (Wildman–Crippen MR) is 84.4 cm³/mol. The van der Waals surface area contributed by atoms with Gasteiger partial charge < -0.3 is 15.2 Å². The Morgan fingerprint density at radius 3 is 2.65 bits per heavy atom. The second-order valence-corrected chi connectivity index (χ2v) is 5.32. The molecule has 2 atom stereocenters. The summed E-state index contributed by atoms with van der Waals surface area (Å²) in [6, 6.07) is 8.47. The molecule has 0 bridgehead atoms. The Bertz CT molecular complexity index is 368. The first-order valence-electron chi connectivity index (χ1n) is 7.78. The van der Waals surface area contributed by atoms with Crippen molar-refractivity contribution in [2.75, 3.05) is 19.8 Å². The van der Waals surface area contributed by atoms with E-state index in [2.05, 4.69) is 38.2 Å². The van der Waals surface area contributed by atoms with Gasteiger partial charge in [0.2, 0.25) is 0 Å². The molecule has 0 saturated heterocycles. The van der Waals surface area contributed by atoms with E-state index in [1.807, 2.05) is 12.1 Å². The predicted octanol–water partition coefficient (Wildman–Crippen LogP) is 3.33. The van der Waals surface area contributed by atoms with Gasteiger partial charge in [0.25, 0.3) is 0 Å². The van der Waals surface area contributed by atoms with Crippen molar-refractivity contribution in [2.24, 2.45) is 0 Å². The zero-order valence-corrected chi connectivity index (χ0v) is 13.1. The fourth-order valence-electron chi connectivity index (χ4n) is 2.18. The Hall–Kier alpha value is -1.06. The van der Waals surface area contributed by atoms with Crippen LogP contribution < -0.4 is 10.1 Å². The van der Waals surface area contributed by atoms with Gasteiger partial charge in [0.05, 0.1) is 0 Å². The highest BCUT2D eigenvalue weighted by Gasteiger charge is 2.12. The molecule has 2 unspecified atom stereocenters. The lowest BCUT2D eigenvalue weighted by atomic mass is 9.98. The molecule has 3 heteroatoms. The number of para-hydroxylation sites is 1. The third-order valence-corrected chi connectivity index (χ3v) is 3.66. The van der Waals surface area contributed by atoms with Crippen LogP contribution in [0, 0.1) is 0 Å². The van der Waals surface area contributed by atoms with Crippen LogP contribution in [0.25, 0.3) is 0 Å². The molecule has 0 aliphatic carbocycles. The SMILES string of the molecule is CCCNC(CCO)COc1ccccc1C(C)CC. The Balaban J connectivity index is 2.62. The molecule has 0 spiro atoms. The lowest BCUT2D eigenvalue weighted by Crippen LogP contribution is -2.36. The average Bonchev–Trinajstić information content (AvgIpc) is 2.49. The Morgan fingerprint density at radius 2 is 2.00 bits per heavy atom. The zero-order chi connectivity index (χ0) is 14.8. The largest absolute Gasteiger partial charge is 0.492 e. The summed E-state index contributed by atoms with van der Waals surface area (Å²) in [5, 5.41) is 12.5. The zero-order valence-electron chi connectivity index (χ0n) is 13.1. The summed E-state index contributed by atoms with van der Waals surface area (Å²) in [7, 11) is 0. The van der Waals surface area contributed by atoms with E-state index in [-0.39, 0.29) is 12.6 Å². The molecule has 2 N–H and O–H groups in total. The molecule has 0 radical (unpaired) electrons. The maximum absolute atomic E-state index is 9.12. The summed E-state index contributed by atoms with van der Waals surface area (Å²) in [4.78, 5) is 0. The highest BCUT2D eigenvalue weighted by Crippen LogP contribution is 2.28. The summed E-state index contributed by atoms with van der Waals surface area (Å²) in [5.74, 6) is 1.48. The lowest BCUT2D eigenvalue weighted by Gasteiger charge is -2.21. The molecule has 3 nitrogen and oxygen atoms in total. The van der Waals surface area contributed by atoms with Crippen molar-refractivity contribution in [1.82, 2.24) is 5.32 Å². The number of nitrogens with one attached hydrogen (secondary N) is 1. The number of aliphatic hydroxyl groups excluding tert-OH is 1. The van der Waals surface area contributed by atoms with E-state index in [0.717, 1.165) is 31.6 Å². The highest BCUT2D eigenvalue weighted by atomic mass is 16.5. The van der Waals surface area contributed by atoms with Crippen molar-refractivity contribution in [3.05, 3.63) is 29.8 Å². The van der Waals surface area contributed by atoms with Gasteiger partial charge in [-0.25, -0.2) is 0 Å². The topological polar surface area (TPSA) is 41.5 Å². The number of rotatable bonds is 10. The van der Waals surface area contributed by atoms with Gasteiger partial charge in [-0.1, -0.05) is 39.0 Å². The fourth-order valence-corrected chi connectivity index (χ4v) is 2.18. The van der Waals surface area contributed by atoms with Crippen LogP contribution in [-0.2, 0) is 0 Å². The quantitative estimate of drug-likeness (QED) is 0.690. The third-order valence-electron chi connectivity index (χ3n) is 3.66. The molecular weight excluding hydrogens is 250 g/mol. The van der Waals surface area contributed by atoms with Crippen LogP contribution in [-0.4, -0.2) is 30.9 Å². The van der Waals surface area contributed by atoms with E-state index in [0.29, 0.717) is 12.5 Å².